The molecule has 3 atom stereocenters. The molecule has 0 saturated heterocycles. The fraction of sp³-hybridized carbons (Fsp3) is 0.609. The Morgan fingerprint density at radius 2 is 2.09 bits per heavy atom. The van der Waals surface area contributed by atoms with Crippen molar-refractivity contribution >= 4 is 11.9 Å². The molecule has 2 aromatic heterocycles. The van der Waals surface area contributed by atoms with Gasteiger partial charge in [-0.2, -0.15) is 0 Å². The molecule has 0 radical (unpaired) electrons. The fourth-order valence-electron chi connectivity index (χ4n) is 4.10. The van der Waals surface area contributed by atoms with Crippen molar-refractivity contribution in [1.82, 2.24) is 20.0 Å². The van der Waals surface area contributed by atoms with Crippen LogP contribution in [0.4, 0.5) is 0 Å². The monoisotopic (exact) mass is 444 g/mol. The number of carboxylic acids is 1. The number of hydrogen-bond donors (Lipinski definition) is 1. The first-order valence-corrected chi connectivity index (χ1v) is 11.2. The van der Waals surface area contributed by atoms with Gasteiger partial charge in [-0.25, -0.2) is 4.98 Å². The van der Waals surface area contributed by atoms with Crippen LogP contribution in [0.15, 0.2) is 12.1 Å². The Hall–Kier alpha value is -2.97. The Labute approximate surface area is 188 Å². The molecule has 0 aromatic carbocycles. The molecule has 2 aromatic rings. The summed E-state index contributed by atoms with van der Waals surface area (Å²) in [6, 6.07) is 3.61. The van der Waals surface area contributed by atoms with E-state index in [-0.39, 0.29) is 30.5 Å². The highest BCUT2D eigenvalue weighted by molar-refractivity contribution is 5.75. The lowest BCUT2D eigenvalue weighted by Gasteiger charge is -2.27. The summed E-state index contributed by atoms with van der Waals surface area (Å²) in [7, 11) is 1.74. The zero-order valence-electron chi connectivity index (χ0n) is 19.2. The van der Waals surface area contributed by atoms with E-state index in [0.717, 1.165) is 25.7 Å². The van der Waals surface area contributed by atoms with Crippen molar-refractivity contribution in [3.63, 3.8) is 0 Å². The van der Waals surface area contributed by atoms with E-state index in [0.29, 0.717) is 41.4 Å². The van der Waals surface area contributed by atoms with Crippen molar-refractivity contribution in [3.8, 4) is 17.1 Å². The number of esters is 1. The molecule has 9 nitrogen and oxygen atoms in total. The van der Waals surface area contributed by atoms with Gasteiger partial charge in [0.2, 0.25) is 0 Å². The predicted molar refractivity (Wildman–Crippen MR) is 117 cm³/mol. The average Bonchev–Trinajstić information content (AvgIpc) is 3.10. The normalized spacial score (nSPS) is 19.4. The summed E-state index contributed by atoms with van der Waals surface area (Å²) >= 11 is 0. The van der Waals surface area contributed by atoms with Crippen LogP contribution in [-0.2, 0) is 27.8 Å². The van der Waals surface area contributed by atoms with Crippen LogP contribution in [0, 0.1) is 12.8 Å². The van der Waals surface area contributed by atoms with Crippen molar-refractivity contribution in [2.45, 2.75) is 77.9 Å². The number of carboxylic acid groups (broad SMARTS) is 1. The summed E-state index contributed by atoms with van der Waals surface area (Å²) in [5.41, 5.74) is 2.44. The first kappa shape index (κ1) is 23.7. The minimum absolute atomic E-state index is 0.0600. The minimum atomic E-state index is -0.763. The largest absolute Gasteiger partial charge is 0.489 e. The molecular weight excluding hydrogens is 412 g/mol. The third-order valence-corrected chi connectivity index (χ3v) is 5.83. The number of hydrogen-bond acceptors (Lipinski definition) is 7. The van der Waals surface area contributed by atoms with Gasteiger partial charge in [-0.1, -0.05) is 18.6 Å². The maximum Gasteiger partial charge on any atom is 0.312 e. The van der Waals surface area contributed by atoms with E-state index in [1.54, 1.807) is 17.8 Å². The molecule has 0 spiro atoms. The molecule has 1 N–H and O–H groups in total. The Morgan fingerprint density at radius 1 is 1.31 bits per heavy atom. The van der Waals surface area contributed by atoms with Gasteiger partial charge < -0.3 is 14.6 Å². The lowest BCUT2D eigenvalue weighted by Crippen LogP contribution is -2.29. The molecule has 1 aliphatic carbocycles. The molecule has 1 fully saturated rings. The number of carbonyl (C=O) groups excluding carboxylic acids is 1. The van der Waals surface area contributed by atoms with E-state index in [4.69, 9.17) is 9.47 Å². The second-order valence-electron chi connectivity index (χ2n) is 8.50. The van der Waals surface area contributed by atoms with E-state index in [1.807, 2.05) is 26.8 Å². The van der Waals surface area contributed by atoms with Crippen molar-refractivity contribution in [1.29, 1.82) is 0 Å². The minimum Gasteiger partial charge on any atom is -0.489 e. The maximum atomic E-state index is 12.4. The molecule has 9 heteroatoms. The van der Waals surface area contributed by atoms with Crippen molar-refractivity contribution in [2.75, 3.05) is 0 Å². The summed E-state index contributed by atoms with van der Waals surface area (Å²) in [5, 5.41) is 17.6. The Bertz CT molecular complexity index is 958. The average molecular weight is 445 g/mol. The van der Waals surface area contributed by atoms with Crippen molar-refractivity contribution in [3.05, 3.63) is 23.5 Å². The maximum absolute atomic E-state index is 12.4. The molecule has 0 bridgehead atoms. The zero-order valence-corrected chi connectivity index (χ0v) is 19.2. The first-order valence-electron chi connectivity index (χ1n) is 11.2. The number of rotatable bonds is 9. The number of aryl methyl sites for hydroxylation is 2. The lowest BCUT2D eigenvalue weighted by atomic mass is 9.87. The van der Waals surface area contributed by atoms with Crippen LogP contribution in [-0.4, -0.2) is 49.2 Å². The third-order valence-electron chi connectivity index (χ3n) is 5.83. The summed E-state index contributed by atoms with van der Waals surface area (Å²) < 4.78 is 13.1. The van der Waals surface area contributed by atoms with Gasteiger partial charge >= 0.3 is 11.9 Å². The Kier molecular flexibility index (Phi) is 7.82. The molecule has 32 heavy (non-hydrogen) atoms. The number of aromatic nitrogens is 4. The van der Waals surface area contributed by atoms with E-state index in [1.165, 1.54) is 0 Å². The summed E-state index contributed by atoms with van der Waals surface area (Å²) in [6.45, 7) is 5.78. The molecule has 2 heterocycles. The van der Waals surface area contributed by atoms with Crippen molar-refractivity contribution in [2.24, 2.45) is 13.0 Å². The molecule has 0 aliphatic heterocycles. The number of nitrogens with zero attached hydrogens (tertiary/aromatic N) is 4. The quantitative estimate of drug-likeness (QED) is 0.584. The van der Waals surface area contributed by atoms with Gasteiger partial charge in [-0.3, -0.25) is 14.3 Å². The van der Waals surface area contributed by atoms with Gasteiger partial charge in [-0.15, -0.1) is 5.10 Å². The van der Waals surface area contributed by atoms with E-state index < -0.39 is 5.97 Å². The van der Waals surface area contributed by atoms with E-state index in [2.05, 4.69) is 15.3 Å². The number of ether oxygens (including phenoxy) is 2. The van der Waals surface area contributed by atoms with Crippen LogP contribution in [0.1, 0.15) is 63.8 Å². The zero-order chi connectivity index (χ0) is 23.3. The van der Waals surface area contributed by atoms with E-state index in [9.17, 15) is 14.7 Å². The van der Waals surface area contributed by atoms with Crippen LogP contribution in [0.5, 0.6) is 5.75 Å². The van der Waals surface area contributed by atoms with Gasteiger partial charge in [0.1, 0.15) is 11.4 Å². The smallest absolute Gasteiger partial charge is 0.312 e. The van der Waals surface area contributed by atoms with Crippen LogP contribution >= 0.6 is 0 Å². The molecule has 0 amide bonds. The molecule has 174 valence electrons. The highest BCUT2D eigenvalue weighted by Crippen LogP contribution is 2.30. The topological polar surface area (TPSA) is 116 Å². The molecule has 1 unspecified atom stereocenters. The number of carbonyl (C=O) groups is 2. The fourth-order valence-corrected chi connectivity index (χ4v) is 4.10. The van der Waals surface area contributed by atoms with Gasteiger partial charge in [0, 0.05) is 7.05 Å². The van der Waals surface area contributed by atoms with Crippen LogP contribution < -0.4 is 4.74 Å². The number of pyridine rings is 1. The standard InChI is InChI=1S/C23H32N4O5/c1-5-7-14(2)31-21(28)13-19-22(25-26-27(19)4)18-10-11-20(15(3)24-18)32-17-9-6-8-16(12-17)23(29)30/h10-11,14,16-17H,5-9,12-13H2,1-4H3,(H,29,30)/t14?,16-,17-/m0/s1. The lowest BCUT2D eigenvalue weighted by molar-refractivity contribution is -0.148. The molecule has 3 rings (SSSR count). The van der Waals surface area contributed by atoms with Gasteiger partial charge in [0.25, 0.3) is 0 Å². The highest BCUT2D eigenvalue weighted by Gasteiger charge is 2.28. The summed E-state index contributed by atoms with van der Waals surface area (Å²) in [6.07, 6.45) is 4.42. The SMILES string of the molecule is CCCC(C)OC(=O)Cc1c(-c2ccc(O[C@H]3CCC[C@H](C(=O)O)C3)c(C)n2)nnn1C. The molecule has 1 saturated carbocycles. The van der Waals surface area contributed by atoms with Gasteiger partial charge in [0.05, 0.1) is 41.6 Å². The van der Waals surface area contributed by atoms with E-state index >= 15 is 0 Å². The second kappa shape index (κ2) is 10.6. The van der Waals surface area contributed by atoms with Gasteiger partial charge in [0.15, 0.2) is 0 Å². The molecule has 1 aliphatic rings. The van der Waals surface area contributed by atoms with Crippen LogP contribution in [0.2, 0.25) is 0 Å². The summed E-state index contributed by atoms with van der Waals surface area (Å²) in [5.74, 6) is -0.813. The highest BCUT2D eigenvalue weighted by atomic mass is 16.5. The van der Waals surface area contributed by atoms with Crippen LogP contribution in [0.3, 0.4) is 0 Å². The summed E-state index contributed by atoms with van der Waals surface area (Å²) in [4.78, 5) is 28.3. The first-order chi connectivity index (χ1) is 15.3. The predicted octanol–water partition coefficient (Wildman–Crippen LogP) is 3.48. The van der Waals surface area contributed by atoms with Crippen LogP contribution in [0.25, 0.3) is 11.4 Å². The van der Waals surface area contributed by atoms with Gasteiger partial charge in [-0.05, 0) is 58.1 Å². The second-order valence-corrected chi connectivity index (χ2v) is 8.50. The molecular formula is C23H32N4O5. The number of aliphatic carboxylic acids is 1. The third kappa shape index (κ3) is 5.83. The Balaban J connectivity index is 1.72. The Morgan fingerprint density at radius 3 is 2.78 bits per heavy atom. The van der Waals surface area contributed by atoms with Crippen molar-refractivity contribution < 1.29 is 24.2 Å².